The Morgan fingerprint density at radius 2 is 1.67 bits per heavy atom. The van der Waals surface area contributed by atoms with E-state index in [1.165, 1.54) is 26.0 Å². The maximum absolute atomic E-state index is 13.4. The zero-order valence-corrected chi connectivity index (χ0v) is 18.6. The van der Waals surface area contributed by atoms with Gasteiger partial charge in [-0.1, -0.05) is 22.9 Å². The van der Waals surface area contributed by atoms with Crippen LogP contribution in [0.4, 0.5) is 24.5 Å². The molecule has 1 amide bonds. The third-order valence-corrected chi connectivity index (χ3v) is 6.52. The highest BCUT2D eigenvalue weighted by Crippen LogP contribution is 2.28. The van der Waals surface area contributed by atoms with Gasteiger partial charge in [-0.15, -0.1) is 13.2 Å². The molecule has 0 aliphatic carbocycles. The highest BCUT2D eigenvalue weighted by molar-refractivity contribution is 7.93. The molecule has 0 unspecified atom stereocenters. The Hall–Kier alpha value is -3.54. The van der Waals surface area contributed by atoms with Crippen LogP contribution in [0.25, 0.3) is 0 Å². The van der Waals surface area contributed by atoms with Crippen molar-refractivity contribution in [3.05, 3.63) is 65.5 Å². The first-order valence-electron chi connectivity index (χ1n) is 9.55. The number of alkyl halides is 3. The molecule has 0 saturated carbocycles. The number of aryl methyl sites for hydroxylation is 3. The van der Waals surface area contributed by atoms with Crippen LogP contribution < -0.4 is 14.4 Å². The summed E-state index contributed by atoms with van der Waals surface area (Å²) in [6, 6.07) is 11.0. The van der Waals surface area contributed by atoms with E-state index in [9.17, 15) is 26.4 Å². The number of carbonyl (C=O) groups is 1. The van der Waals surface area contributed by atoms with E-state index in [4.69, 9.17) is 4.52 Å². The summed E-state index contributed by atoms with van der Waals surface area (Å²) in [7, 11) is -4.23. The number of anilines is 2. The Morgan fingerprint density at radius 3 is 2.18 bits per heavy atom. The number of benzene rings is 2. The SMILES string of the molecule is Cc1ccc(N(CC(=O)Nc2ccc(OC(F)(F)F)cc2)S(=O)(=O)c2c(C)noc2C)cc1. The van der Waals surface area contributed by atoms with E-state index < -0.39 is 34.6 Å². The molecule has 3 rings (SSSR count). The van der Waals surface area contributed by atoms with Crippen molar-refractivity contribution in [1.29, 1.82) is 0 Å². The quantitative estimate of drug-likeness (QED) is 0.537. The van der Waals surface area contributed by atoms with Gasteiger partial charge in [-0.3, -0.25) is 9.10 Å². The minimum Gasteiger partial charge on any atom is -0.406 e. The molecule has 0 bridgehead atoms. The maximum Gasteiger partial charge on any atom is 0.573 e. The average molecular weight is 483 g/mol. The lowest BCUT2D eigenvalue weighted by molar-refractivity contribution is -0.274. The number of hydrogen-bond acceptors (Lipinski definition) is 6. The van der Waals surface area contributed by atoms with Crippen LogP contribution in [-0.2, 0) is 14.8 Å². The van der Waals surface area contributed by atoms with E-state index in [0.717, 1.165) is 22.0 Å². The number of amides is 1. The normalized spacial score (nSPS) is 11.8. The summed E-state index contributed by atoms with van der Waals surface area (Å²) in [6.07, 6.45) is -4.84. The van der Waals surface area contributed by atoms with Gasteiger partial charge >= 0.3 is 6.36 Å². The summed E-state index contributed by atoms with van der Waals surface area (Å²) in [5.41, 5.74) is 1.43. The number of ether oxygens (including phenoxy) is 1. The van der Waals surface area contributed by atoms with Gasteiger partial charge in [-0.2, -0.15) is 0 Å². The number of hydrogen-bond donors (Lipinski definition) is 1. The van der Waals surface area contributed by atoms with E-state index in [2.05, 4.69) is 15.2 Å². The molecule has 0 aliphatic rings. The molecule has 0 radical (unpaired) electrons. The Balaban J connectivity index is 1.86. The Labute approximate surface area is 188 Å². The summed E-state index contributed by atoms with van der Waals surface area (Å²) >= 11 is 0. The fourth-order valence-corrected chi connectivity index (χ4v) is 4.77. The molecule has 33 heavy (non-hydrogen) atoms. The van der Waals surface area contributed by atoms with Crippen molar-refractivity contribution in [3.8, 4) is 5.75 Å². The first kappa shape index (κ1) is 24.1. The lowest BCUT2D eigenvalue weighted by Crippen LogP contribution is -2.38. The summed E-state index contributed by atoms with van der Waals surface area (Å²) in [4.78, 5) is 12.5. The molecular weight excluding hydrogens is 463 g/mol. The van der Waals surface area contributed by atoms with Crippen molar-refractivity contribution in [2.45, 2.75) is 32.0 Å². The summed E-state index contributed by atoms with van der Waals surface area (Å²) < 4.78 is 73.4. The van der Waals surface area contributed by atoms with Gasteiger partial charge in [-0.25, -0.2) is 8.42 Å². The van der Waals surface area contributed by atoms with E-state index in [-0.39, 0.29) is 27.7 Å². The molecular formula is C21H20F3N3O5S. The standard InChI is InChI=1S/C21H20F3N3O5S/c1-13-4-8-17(9-5-13)27(33(29,30)20-14(2)26-32-15(20)3)12-19(28)25-16-6-10-18(11-7-16)31-21(22,23)24/h4-11H,12H2,1-3H3,(H,25,28). The molecule has 176 valence electrons. The van der Waals surface area contributed by atoms with E-state index >= 15 is 0 Å². The molecule has 1 heterocycles. The van der Waals surface area contributed by atoms with Crippen LogP contribution in [0.2, 0.25) is 0 Å². The number of nitrogens with one attached hydrogen (secondary N) is 1. The first-order valence-corrected chi connectivity index (χ1v) is 11.0. The van der Waals surface area contributed by atoms with Gasteiger partial charge in [0.2, 0.25) is 5.91 Å². The fraction of sp³-hybridized carbons (Fsp3) is 0.238. The second-order valence-electron chi connectivity index (χ2n) is 7.12. The molecule has 0 saturated heterocycles. The molecule has 2 aromatic carbocycles. The van der Waals surface area contributed by atoms with Crippen molar-refractivity contribution < 1.29 is 35.6 Å². The van der Waals surface area contributed by atoms with Gasteiger partial charge < -0.3 is 14.6 Å². The zero-order valence-electron chi connectivity index (χ0n) is 17.8. The summed E-state index contributed by atoms with van der Waals surface area (Å²) in [6.45, 7) is 4.15. The van der Waals surface area contributed by atoms with E-state index in [0.29, 0.717) is 0 Å². The number of sulfonamides is 1. The molecule has 1 aromatic heterocycles. The molecule has 0 spiro atoms. The highest BCUT2D eigenvalue weighted by atomic mass is 32.2. The average Bonchev–Trinajstić information content (AvgIpc) is 3.06. The number of rotatable bonds is 7. The largest absolute Gasteiger partial charge is 0.573 e. The predicted octanol–water partition coefficient (Wildman–Crippen LogP) is 4.33. The maximum atomic E-state index is 13.4. The van der Waals surface area contributed by atoms with Gasteiger partial charge in [-0.05, 0) is 57.2 Å². The Kier molecular flexibility index (Phi) is 6.68. The lowest BCUT2D eigenvalue weighted by atomic mass is 10.2. The van der Waals surface area contributed by atoms with Crippen molar-refractivity contribution >= 4 is 27.3 Å². The fourth-order valence-electron chi connectivity index (χ4n) is 3.05. The Bertz CT molecular complexity index is 1220. The van der Waals surface area contributed by atoms with Crippen LogP contribution in [0, 0.1) is 20.8 Å². The van der Waals surface area contributed by atoms with Crippen LogP contribution in [0.1, 0.15) is 17.0 Å². The molecule has 3 aromatic rings. The summed E-state index contributed by atoms with van der Waals surface area (Å²) in [5.74, 6) is -1.09. The van der Waals surface area contributed by atoms with Gasteiger partial charge in [0.25, 0.3) is 10.0 Å². The molecule has 8 nitrogen and oxygen atoms in total. The van der Waals surface area contributed by atoms with Crippen molar-refractivity contribution in [2.75, 3.05) is 16.2 Å². The number of halogens is 3. The monoisotopic (exact) mass is 483 g/mol. The summed E-state index contributed by atoms with van der Waals surface area (Å²) in [5, 5.41) is 6.15. The van der Waals surface area contributed by atoms with Crippen molar-refractivity contribution in [1.82, 2.24) is 5.16 Å². The van der Waals surface area contributed by atoms with E-state index in [1.54, 1.807) is 24.3 Å². The molecule has 0 fully saturated rings. The molecule has 0 atom stereocenters. The van der Waals surface area contributed by atoms with Gasteiger partial charge in [0.05, 0.1) is 5.69 Å². The number of nitrogens with zero attached hydrogens (tertiary/aromatic N) is 2. The zero-order chi connectivity index (χ0) is 24.4. The van der Waals surface area contributed by atoms with Crippen molar-refractivity contribution in [3.63, 3.8) is 0 Å². The van der Waals surface area contributed by atoms with Gasteiger partial charge in [0.1, 0.15) is 18.0 Å². The molecule has 0 aliphatic heterocycles. The third-order valence-electron chi connectivity index (χ3n) is 4.50. The number of aromatic nitrogens is 1. The topological polar surface area (TPSA) is 102 Å². The van der Waals surface area contributed by atoms with Crippen LogP contribution in [0.5, 0.6) is 5.75 Å². The van der Waals surface area contributed by atoms with Crippen LogP contribution in [0.15, 0.2) is 57.9 Å². The highest BCUT2D eigenvalue weighted by Gasteiger charge is 2.33. The van der Waals surface area contributed by atoms with Crippen LogP contribution >= 0.6 is 0 Å². The first-order chi connectivity index (χ1) is 15.4. The van der Waals surface area contributed by atoms with Gasteiger partial charge in [0.15, 0.2) is 10.7 Å². The third kappa shape index (κ3) is 5.83. The van der Waals surface area contributed by atoms with Crippen LogP contribution in [-0.4, -0.2) is 32.4 Å². The predicted molar refractivity (Wildman–Crippen MR) is 113 cm³/mol. The van der Waals surface area contributed by atoms with E-state index in [1.807, 2.05) is 6.92 Å². The smallest absolute Gasteiger partial charge is 0.406 e. The minimum atomic E-state index is -4.84. The lowest BCUT2D eigenvalue weighted by Gasteiger charge is -2.24. The molecule has 1 N–H and O–H groups in total. The van der Waals surface area contributed by atoms with Gasteiger partial charge in [0, 0.05) is 5.69 Å². The minimum absolute atomic E-state index is 0.0743. The molecule has 12 heteroatoms. The Morgan fingerprint density at radius 1 is 1.06 bits per heavy atom. The van der Waals surface area contributed by atoms with Crippen molar-refractivity contribution in [2.24, 2.45) is 0 Å². The van der Waals surface area contributed by atoms with Crippen LogP contribution in [0.3, 0.4) is 0 Å². The second-order valence-corrected chi connectivity index (χ2v) is 8.92. The number of carbonyl (C=O) groups excluding carboxylic acids is 1. The second kappa shape index (κ2) is 9.14.